The fourth-order valence-corrected chi connectivity index (χ4v) is 3.57. The molecular weight excluding hydrogens is 248 g/mol. The number of ether oxygens (including phenoxy) is 1. The highest BCUT2D eigenvalue weighted by molar-refractivity contribution is 5.37. The topological polar surface area (TPSA) is 47.3 Å². The Morgan fingerprint density at radius 2 is 1.95 bits per heavy atom. The predicted octanol–water partition coefficient (Wildman–Crippen LogP) is 3.55. The molecule has 0 radical (unpaired) electrons. The van der Waals surface area contributed by atoms with Crippen molar-refractivity contribution in [3.63, 3.8) is 0 Å². The summed E-state index contributed by atoms with van der Waals surface area (Å²) in [5.41, 5.74) is 6.81. The van der Waals surface area contributed by atoms with Crippen LogP contribution in [0.15, 0.2) is 18.2 Å². The second-order valence-corrected chi connectivity index (χ2v) is 5.95. The van der Waals surface area contributed by atoms with Gasteiger partial charge in [-0.3, -0.25) is 11.3 Å². The number of nitrogens with one attached hydrogen (secondary N) is 1. The van der Waals surface area contributed by atoms with Gasteiger partial charge < -0.3 is 4.74 Å². The molecule has 0 spiro atoms. The van der Waals surface area contributed by atoms with Crippen molar-refractivity contribution in [2.24, 2.45) is 5.84 Å². The summed E-state index contributed by atoms with van der Waals surface area (Å²) in [6, 6.07) is 6.52. The van der Waals surface area contributed by atoms with Crippen LogP contribution < -0.4 is 11.3 Å². The molecule has 1 saturated carbocycles. The molecular formula is C17H28N2O. The molecule has 0 aliphatic heterocycles. The zero-order valence-corrected chi connectivity index (χ0v) is 13.0. The standard InChI is InChI=1S/C17H28N2O/c1-4-20-17(11-6-5-7-12-17)16(19-18)15-10-8-9-13(2)14(15)3/h8-10,16,19H,4-7,11-12,18H2,1-3H3. The lowest BCUT2D eigenvalue weighted by Crippen LogP contribution is -2.50. The summed E-state index contributed by atoms with van der Waals surface area (Å²) >= 11 is 0. The number of benzene rings is 1. The zero-order chi connectivity index (χ0) is 14.6. The minimum atomic E-state index is -0.152. The van der Waals surface area contributed by atoms with Gasteiger partial charge in [-0.05, 0) is 50.3 Å². The van der Waals surface area contributed by atoms with Crippen molar-refractivity contribution in [2.75, 3.05) is 6.61 Å². The van der Waals surface area contributed by atoms with Crippen LogP contribution in [0.2, 0.25) is 0 Å². The first-order valence-corrected chi connectivity index (χ1v) is 7.81. The highest BCUT2D eigenvalue weighted by atomic mass is 16.5. The Morgan fingerprint density at radius 1 is 1.25 bits per heavy atom. The Hall–Kier alpha value is -0.900. The van der Waals surface area contributed by atoms with E-state index in [0.29, 0.717) is 0 Å². The van der Waals surface area contributed by atoms with Crippen molar-refractivity contribution < 1.29 is 4.74 Å². The smallest absolute Gasteiger partial charge is 0.0889 e. The van der Waals surface area contributed by atoms with E-state index in [1.54, 1.807) is 0 Å². The van der Waals surface area contributed by atoms with Gasteiger partial charge in [-0.25, -0.2) is 0 Å². The maximum atomic E-state index is 6.23. The average molecular weight is 276 g/mol. The third-order valence-corrected chi connectivity index (χ3v) is 4.78. The van der Waals surface area contributed by atoms with Crippen molar-refractivity contribution in [2.45, 2.75) is 64.5 Å². The lowest BCUT2D eigenvalue weighted by atomic mass is 9.75. The molecule has 1 fully saturated rings. The van der Waals surface area contributed by atoms with Gasteiger partial charge in [0, 0.05) is 6.61 Å². The molecule has 1 aromatic carbocycles. The molecule has 0 heterocycles. The molecule has 0 amide bonds. The molecule has 3 nitrogen and oxygen atoms in total. The second kappa shape index (κ2) is 6.70. The molecule has 3 heteroatoms. The summed E-state index contributed by atoms with van der Waals surface area (Å²) in [6.45, 7) is 7.15. The first kappa shape index (κ1) is 15.5. The molecule has 0 bridgehead atoms. The molecule has 0 saturated heterocycles. The van der Waals surface area contributed by atoms with Gasteiger partial charge in [0.05, 0.1) is 11.6 Å². The van der Waals surface area contributed by atoms with Gasteiger partial charge in [-0.1, -0.05) is 37.5 Å². The SMILES string of the molecule is CCOC1(C(NN)c2cccc(C)c2C)CCCCC1. The summed E-state index contributed by atoms with van der Waals surface area (Å²) < 4.78 is 6.23. The van der Waals surface area contributed by atoms with Crippen molar-refractivity contribution in [3.05, 3.63) is 34.9 Å². The Morgan fingerprint density at radius 3 is 2.55 bits per heavy atom. The van der Waals surface area contributed by atoms with Gasteiger partial charge in [0.1, 0.15) is 0 Å². The number of aryl methyl sites for hydroxylation is 1. The normalized spacial score (nSPS) is 19.8. The van der Waals surface area contributed by atoms with E-state index >= 15 is 0 Å². The minimum Gasteiger partial charge on any atom is -0.373 e. The van der Waals surface area contributed by atoms with Crippen LogP contribution >= 0.6 is 0 Å². The molecule has 3 N–H and O–H groups in total. The highest BCUT2D eigenvalue weighted by Crippen LogP contribution is 2.42. The third kappa shape index (κ3) is 2.90. The van der Waals surface area contributed by atoms with E-state index in [1.807, 2.05) is 0 Å². The van der Waals surface area contributed by atoms with Crippen LogP contribution in [0.25, 0.3) is 0 Å². The summed E-state index contributed by atoms with van der Waals surface area (Å²) in [5.74, 6) is 5.94. The minimum absolute atomic E-state index is 0.0719. The molecule has 1 atom stereocenters. The molecule has 20 heavy (non-hydrogen) atoms. The number of rotatable bonds is 5. The van der Waals surface area contributed by atoms with Crippen LogP contribution in [0.3, 0.4) is 0 Å². The van der Waals surface area contributed by atoms with E-state index in [9.17, 15) is 0 Å². The van der Waals surface area contributed by atoms with Crippen LogP contribution in [0.4, 0.5) is 0 Å². The maximum Gasteiger partial charge on any atom is 0.0889 e. The fourth-order valence-electron chi connectivity index (χ4n) is 3.57. The van der Waals surface area contributed by atoms with Gasteiger partial charge in [0.25, 0.3) is 0 Å². The second-order valence-electron chi connectivity index (χ2n) is 5.95. The predicted molar refractivity (Wildman–Crippen MR) is 83.4 cm³/mol. The van der Waals surface area contributed by atoms with Crippen molar-refractivity contribution >= 4 is 0 Å². The lowest BCUT2D eigenvalue weighted by molar-refractivity contribution is -0.0914. The molecule has 1 unspecified atom stereocenters. The zero-order valence-electron chi connectivity index (χ0n) is 13.0. The monoisotopic (exact) mass is 276 g/mol. The van der Waals surface area contributed by atoms with Crippen LogP contribution in [0, 0.1) is 13.8 Å². The van der Waals surface area contributed by atoms with Crippen molar-refractivity contribution in [3.8, 4) is 0 Å². The molecule has 1 aliphatic carbocycles. The van der Waals surface area contributed by atoms with Gasteiger partial charge >= 0.3 is 0 Å². The van der Waals surface area contributed by atoms with Crippen molar-refractivity contribution in [1.29, 1.82) is 0 Å². The largest absolute Gasteiger partial charge is 0.373 e. The fraction of sp³-hybridized carbons (Fsp3) is 0.647. The summed E-state index contributed by atoms with van der Waals surface area (Å²) in [4.78, 5) is 0. The quantitative estimate of drug-likeness (QED) is 0.638. The number of nitrogens with two attached hydrogens (primary N) is 1. The lowest BCUT2D eigenvalue weighted by Gasteiger charge is -2.43. The van der Waals surface area contributed by atoms with E-state index < -0.39 is 0 Å². The number of hydrogen-bond acceptors (Lipinski definition) is 3. The molecule has 112 valence electrons. The molecule has 0 aromatic heterocycles. The maximum absolute atomic E-state index is 6.23. The van der Waals surface area contributed by atoms with Crippen LogP contribution in [-0.4, -0.2) is 12.2 Å². The van der Waals surface area contributed by atoms with Gasteiger partial charge in [-0.15, -0.1) is 0 Å². The van der Waals surface area contributed by atoms with E-state index in [0.717, 1.165) is 19.4 Å². The summed E-state index contributed by atoms with van der Waals surface area (Å²) in [7, 11) is 0. The van der Waals surface area contributed by atoms with E-state index in [4.69, 9.17) is 10.6 Å². The van der Waals surface area contributed by atoms with Gasteiger partial charge in [0.2, 0.25) is 0 Å². The highest BCUT2D eigenvalue weighted by Gasteiger charge is 2.41. The summed E-state index contributed by atoms with van der Waals surface area (Å²) in [5, 5.41) is 0. The van der Waals surface area contributed by atoms with Crippen LogP contribution in [0.1, 0.15) is 61.8 Å². The first-order chi connectivity index (χ1) is 9.64. The van der Waals surface area contributed by atoms with Crippen molar-refractivity contribution in [1.82, 2.24) is 5.43 Å². The summed E-state index contributed by atoms with van der Waals surface area (Å²) in [6.07, 6.45) is 5.93. The average Bonchev–Trinajstić information content (AvgIpc) is 2.45. The molecule has 1 aromatic rings. The molecule has 2 rings (SSSR count). The van der Waals surface area contributed by atoms with Gasteiger partial charge in [0.15, 0.2) is 0 Å². The number of hydrogen-bond donors (Lipinski definition) is 2. The van der Waals surface area contributed by atoms with Crippen LogP contribution in [-0.2, 0) is 4.74 Å². The first-order valence-electron chi connectivity index (χ1n) is 7.81. The third-order valence-electron chi connectivity index (χ3n) is 4.78. The Kier molecular flexibility index (Phi) is 5.19. The van der Waals surface area contributed by atoms with E-state index in [2.05, 4.69) is 44.4 Å². The Labute approximate surface area is 122 Å². The Balaban J connectivity index is 2.39. The van der Waals surface area contributed by atoms with E-state index in [-0.39, 0.29) is 11.6 Å². The molecule has 1 aliphatic rings. The Bertz CT molecular complexity index is 433. The number of hydrazine groups is 1. The van der Waals surface area contributed by atoms with Crippen LogP contribution in [0.5, 0.6) is 0 Å². The van der Waals surface area contributed by atoms with E-state index in [1.165, 1.54) is 36.0 Å². The van der Waals surface area contributed by atoms with Gasteiger partial charge in [-0.2, -0.15) is 0 Å².